The molecule has 0 aliphatic carbocycles. The number of ether oxygens (including phenoxy) is 2. The van der Waals surface area contributed by atoms with Gasteiger partial charge in [-0.3, -0.25) is 0 Å². The second kappa shape index (κ2) is 8.46. The molecule has 1 aliphatic heterocycles. The molecule has 0 radical (unpaired) electrons. The summed E-state index contributed by atoms with van der Waals surface area (Å²) >= 11 is 0. The Kier molecular flexibility index (Phi) is 6.06. The Morgan fingerprint density at radius 1 is 0.833 bits per heavy atom. The van der Waals surface area contributed by atoms with E-state index >= 15 is 0 Å². The molecule has 0 saturated carbocycles. The molecule has 1 saturated heterocycles. The number of hydrogen-bond acceptors (Lipinski definition) is 2. The van der Waals surface area contributed by atoms with Crippen LogP contribution in [0.3, 0.4) is 0 Å². The smallest absolute Gasteiger partial charge is 0.106 e. The van der Waals surface area contributed by atoms with E-state index in [9.17, 15) is 0 Å². The minimum atomic E-state index is 0.0690. The SMILES string of the molecule is CCCCC[C@H]1CO[C@H](c2ccc(-c3ccc(C)cc3)cc2)CO1. The van der Waals surface area contributed by atoms with Crippen LogP contribution in [0.2, 0.25) is 0 Å². The third-order valence-corrected chi connectivity index (χ3v) is 4.76. The normalized spacial score (nSPS) is 20.9. The number of benzene rings is 2. The predicted molar refractivity (Wildman–Crippen MR) is 99.2 cm³/mol. The van der Waals surface area contributed by atoms with Crippen LogP contribution in [0.25, 0.3) is 11.1 Å². The minimum absolute atomic E-state index is 0.0690. The number of unbranched alkanes of at least 4 members (excludes halogenated alkanes) is 2. The van der Waals surface area contributed by atoms with Crippen molar-refractivity contribution in [1.29, 1.82) is 0 Å². The summed E-state index contributed by atoms with van der Waals surface area (Å²) in [6, 6.07) is 17.3. The van der Waals surface area contributed by atoms with Gasteiger partial charge in [-0.15, -0.1) is 0 Å². The van der Waals surface area contributed by atoms with Crippen LogP contribution in [0, 0.1) is 6.92 Å². The number of aryl methyl sites for hydroxylation is 1. The first-order valence-corrected chi connectivity index (χ1v) is 9.16. The Hall–Kier alpha value is -1.64. The fourth-order valence-electron chi connectivity index (χ4n) is 3.16. The van der Waals surface area contributed by atoms with E-state index in [1.165, 1.54) is 41.5 Å². The van der Waals surface area contributed by atoms with E-state index in [4.69, 9.17) is 9.47 Å². The number of hydrogen-bond donors (Lipinski definition) is 0. The molecule has 128 valence electrons. The molecular formula is C22H28O2. The summed E-state index contributed by atoms with van der Waals surface area (Å²) in [6.07, 6.45) is 5.24. The van der Waals surface area contributed by atoms with Gasteiger partial charge in [0.15, 0.2) is 0 Å². The maximum absolute atomic E-state index is 6.04. The molecule has 2 nitrogen and oxygen atoms in total. The van der Waals surface area contributed by atoms with Crippen molar-refractivity contribution in [2.45, 2.75) is 51.7 Å². The van der Waals surface area contributed by atoms with Crippen LogP contribution >= 0.6 is 0 Å². The van der Waals surface area contributed by atoms with E-state index in [1.807, 2.05) is 0 Å². The van der Waals surface area contributed by atoms with Crippen molar-refractivity contribution in [2.75, 3.05) is 13.2 Å². The molecule has 0 unspecified atom stereocenters. The molecule has 1 aliphatic rings. The van der Waals surface area contributed by atoms with Crippen molar-refractivity contribution in [3.63, 3.8) is 0 Å². The molecule has 1 heterocycles. The lowest BCUT2D eigenvalue weighted by Crippen LogP contribution is -2.31. The summed E-state index contributed by atoms with van der Waals surface area (Å²) in [5.41, 5.74) is 4.99. The summed E-state index contributed by atoms with van der Waals surface area (Å²) in [5.74, 6) is 0. The van der Waals surface area contributed by atoms with E-state index in [-0.39, 0.29) is 12.2 Å². The highest BCUT2D eigenvalue weighted by Crippen LogP contribution is 2.27. The first-order valence-electron chi connectivity index (χ1n) is 9.16. The molecule has 0 bridgehead atoms. The highest BCUT2D eigenvalue weighted by Gasteiger charge is 2.23. The second-order valence-electron chi connectivity index (χ2n) is 6.76. The molecule has 0 aromatic heterocycles. The van der Waals surface area contributed by atoms with Gasteiger partial charge in [-0.25, -0.2) is 0 Å². The zero-order chi connectivity index (χ0) is 16.8. The fourth-order valence-corrected chi connectivity index (χ4v) is 3.16. The summed E-state index contributed by atoms with van der Waals surface area (Å²) < 4.78 is 12.0. The fraction of sp³-hybridized carbons (Fsp3) is 0.455. The maximum atomic E-state index is 6.04. The lowest BCUT2D eigenvalue weighted by atomic mass is 10.0. The van der Waals surface area contributed by atoms with Gasteiger partial charge < -0.3 is 9.47 Å². The summed E-state index contributed by atoms with van der Waals surface area (Å²) in [7, 11) is 0. The van der Waals surface area contributed by atoms with Crippen molar-refractivity contribution in [1.82, 2.24) is 0 Å². The second-order valence-corrected chi connectivity index (χ2v) is 6.76. The van der Waals surface area contributed by atoms with Crippen molar-refractivity contribution < 1.29 is 9.47 Å². The molecule has 2 atom stereocenters. The van der Waals surface area contributed by atoms with Crippen molar-refractivity contribution in [3.05, 3.63) is 59.7 Å². The van der Waals surface area contributed by atoms with Crippen molar-refractivity contribution in [3.8, 4) is 11.1 Å². The molecule has 0 spiro atoms. The number of rotatable bonds is 6. The Labute approximate surface area is 145 Å². The topological polar surface area (TPSA) is 18.5 Å². The minimum Gasteiger partial charge on any atom is -0.373 e. The van der Waals surface area contributed by atoms with Crippen LogP contribution in [0.5, 0.6) is 0 Å². The molecule has 2 aromatic carbocycles. The first kappa shape index (κ1) is 17.2. The molecule has 24 heavy (non-hydrogen) atoms. The molecule has 2 aromatic rings. The lowest BCUT2D eigenvalue weighted by molar-refractivity contribution is -0.137. The van der Waals surface area contributed by atoms with Gasteiger partial charge in [0.1, 0.15) is 6.10 Å². The van der Waals surface area contributed by atoms with E-state index < -0.39 is 0 Å². The lowest BCUT2D eigenvalue weighted by Gasteiger charge is -2.30. The third kappa shape index (κ3) is 4.46. The Bertz CT molecular complexity index is 607. The molecule has 0 N–H and O–H groups in total. The van der Waals surface area contributed by atoms with Crippen molar-refractivity contribution in [2.24, 2.45) is 0 Å². The van der Waals surface area contributed by atoms with E-state index in [1.54, 1.807) is 0 Å². The molecular weight excluding hydrogens is 296 g/mol. The van der Waals surface area contributed by atoms with E-state index in [2.05, 4.69) is 62.4 Å². The van der Waals surface area contributed by atoms with Gasteiger partial charge in [-0.1, -0.05) is 80.3 Å². The van der Waals surface area contributed by atoms with Crippen LogP contribution in [-0.2, 0) is 9.47 Å². The largest absolute Gasteiger partial charge is 0.373 e. The monoisotopic (exact) mass is 324 g/mol. The van der Waals surface area contributed by atoms with Crippen LogP contribution < -0.4 is 0 Å². The standard InChI is InChI=1S/C22H28O2/c1-3-4-5-6-21-15-24-22(16-23-21)20-13-11-19(12-14-20)18-9-7-17(2)8-10-18/h7-14,21-22H,3-6,15-16H2,1-2H3/t21-,22-/m0/s1. The Morgan fingerprint density at radius 3 is 2.08 bits per heavy atom. The van der Waals surface area contributed by atoms with Gasteiger partial charge in [-0.2, -0.15) is 0 Å². The zero-order valence-electron chi connectivity index (χ0n) is 14.8. The molecule has 3 rings (SSSR count). The Balaban J connectivity index is 1.56. The maximum Gasteiger partial charge on any atom is 0.106 e. The Morgan fingerprint density at radius 2 is 1.50 bits per heavy atom. The summed E-state index contributed by atoms with van der Waals surface area (Å²) in [4.78, 5) is 0. The van der Waals surface area contributed by atoms with Gasteiger partial charge in [0.25, 0.3) is 0 Å². The van der Waals surface area contributed by atoms with E-state index in [0.717, 1.165) is 6.42 Å². The van der Waals surface area contributed by atoms with Crippen LogP contribution in [0.15, 0.2) is 48.5 Å². The van der Waals surface area contributed by atoms with Crippen LogP contribution in [0.1, 0.15) is 49.8 Å². The predicted octanol–water partition coefficient (Wildman–Crippen LogP) is 5.70. The third-order valence-electron chi connectivity index (χ3n) is 4.76. The summed E-state index contributed by atoms with van der Waals surface area (Å²) in [5, 5.41) is 0. The van der Waals surface area contributed by atoms with Gasteiger partial charge in [0, 0.05) is 0 Å². The van der Waals surface area contributed by atoms with E-state index in [0.29, 0.717) is 13.2 Å². The molecule has 1 fully saturated rings. The molecule has 2 heteroatoms. The summed E-state index contributed by atoms with van der Waals surface area (Å²) in [6.45, 7) is 5.73. The van der Waals surface area contributed by atoms with Crippen LogP contribution in [0.4, 0.5) is 0 Å². The highest BCUT2D eigenvalue weighted by molar-refractivity contribution is 5.64. The van der Waals surface area contributed by atoms with Gasteiger partial charge in [0.2, 0.25) is 0 Å². The van der Waals surface area contributed by atoms with Crippen molar-refractivity contribution >= 4 is 0 Å². The quantitative estimate of drug-likeness (QED) is 0.635. The van der Waals surface area contributed by atoms with Gasteiger partial charge in [0.05, 0.1) is 19.3 Å². The zero-order valence-corrected chi connectivity index (χ0v) is 14.8. The molecule has 0 amide bonds. The highest BCUT2D eigenvalue weighted by atomic mass is 16.6. The van der Waals surface area contributed by atoms with Gasteiger partial charge in [-0.05, 0) is 30.0 Å². The first-order chi connectivity index (χ1) is 11.8. The van der Waals surface area contributed by atoms with Gasteiger partial charge >= 0.3 is 0 Å². The average Bonchev–Trinajstić information content (AvgIpc) is 2.63. The average molecular weight is 324 g/mol. The van der Waals surface area contributed by atoms with Crippen LogP contribution in [-0.4, -0.2) is 19.3 Å².